The summed E-state index contributed by atoms with van der Waals surface area (Å²) >= 11 is 1.61. The molecule has 2 aromatic rings. The Hall–Kier alpha value is -1.68. The first kappa shape index (κ1) is 10.8. The highest BCUT2D eigenvalue weighted by Gasteiger charge is 2.03. The quantitative estimate of drug-likeness (QED) is 0.886. The summed E-state index contributed by atoms with van der Waals surface area (Å²) in [7, 11) is 0. The number of hydrogen-bond acceptors (Lipinski definition) is 3. The van der Waals surface area contributed by atoms with Gasteiger partial charge < -0.3 is 5.11 Å². The lowest BCUT2D eigenvalue weighted by Crippen LogP contribution is -1.99. The molecule has 1 heterocycles. The second kappa shape index (κ2) is 4.45. The SMILES string of the molecule is Cc1nc(-c2ccc(CC(=O)O)cc2)cs1. The van der Waals surface area contributed by atoms with Crippen molar-refractivity contribution in [2.45, 2.75) is 13.3 Å². The summed E-state index contributed by atoms with van der Waals surface area (Å²) in [5, 5.41) is 11.7. The molecule has 4 heteroatoms. The maximum Gasteiger partial charge on any atom is 0.307 e. The van der Waals surface area contributed by atoms with Gasteiger partial charge >= 0.3 is 5.97 Å². The monoisotopic (exact) mass is 233 g/mol. The summed E-state index contributed by atoms with van der Waals surface area (Å²) in [4.78, 5) is 14.9. The molecule has 82 valence electrons. The Labute approximate surface area is 97.4 Å². The van der Waals surface area contributed by atoms with Crippen LogP contribution in [0.3, 0.4) is 0 Å². The molecule has 16 heavy (non-hydrogen) atoms. The van der Waals surface area contributed by atoms with Gasteiger partial charge in [-0.25, -0.2) is 4.98 Å². The van der Waals surface area contributed by atoms with Crippen LogP contribution in [0.25, 0.3) is 11.3 Å². The summed E-state index contributed by atoms with van der Waals surface area (Å²) in [6, 6.07) is 7.48. The van der Waals surface area contributed by atoms with Crippen molar-refractivity contribution in [3.8, 4) is 11.3 Å². The second-order valence-electron chi connectivity index (χ2n) is 3.52. The molecule has 1 aromatic carbocycles. The highest BCUT2D eigenvalue weighted by Crippen LogP contribution is 2.21. The number of thiazole rings is 1. The molecule has 0 amide bonds. The third-order valence-corrected chi connectivity index (χ3v) is 3.00. The van der Waals surface area contributed by atoms with Crippen LogP contribution in [0.1, 0.15) is 10.6 Å². The molecule has 0 aliphatic rings. The summed E-state index contributed by atoms with van der Waals surface area (Å²) in [6.07, 6.45) is 0.0658. The van der Waals surface area contributed by atoms with Gasteiger partial charge in [0.15, 0.2) is 0 Å². The molecule has 0 bridgehead atoms. The Kier molecular flexibility index (Phi) is 3.01. The Bertz CT molecular complexity index is 502. The fraction of sp³-hybridized carbons (Fsp3) is 0.167. The molecule has 0 fully saturated rings. The molecule has 1 N–H and O–H groups in total. The standard InChI is InChI=1S/C12H11NO2S/c1-8-13-11(7-16-8)10-4-2-9(3-5-10)6-12(14)15/h2-5,7H,6H2,1H3,(H,14,15). The van der Waals surface area contributed by atoms with Crippen LogP contribution >= 0.6 is 11.3 Å². The molecule has 0 unspecified atom stereocenters. The molecule has 0 radical (unpaired) electrons. The predicted octanol–water partition coefficient (Wildman–Crippen LogP) is 2.75. The summed E-state index contributed by atoms with van der Waals surface area (Å²) in [6.45, 7) is 1.97. The number of aryl methyl sites for hydroxylation is 1. The molecule has 0 saturated carbocycles. The largest absolute Gasteiger partial charge is 0.481 e. The molecular formula is C12H11NO2S. The van der Waals surface area contributed by atoms with Gasteiger partial charge in [0.2, 0.25) is 0 Å². The molecule has 0 aliphatic carbocycles. The minimum atomic E-state index is -0.808. The highest BCUT2D eigenvalue weighted by molar-refractivity contribution is 7.09. The third kappa shape index (κ3) is 2.46. The van der Waals surface area contributed by atoms with Crippen LogP contribution in [0.2, 0.25) is 0 Å². The van der Waals surface area contributed by atoms with Crippen molar-refractivity contribution in [1.29, 1.82) is 0 Å². The first-order valence-electron chi connectivity index (χ1n) is 4.88. The van der Waals surface area contributed by atoms with E-state index in [1.54, 1.807) is 11.3 Å². The zero-order valence-corrected chi connectivity index (χ0v) is 9.62. The maximum atomic E-state index is 10.5. The van der Waals surface area contributed by atoms with Gasteiger partial charge in [-0.3, -0.25) is 4.79 Å². The number of aliphatic carboxylic acids is 1. The van der Waals surface area contributed by atoms with Gasteiger partial charge in [0, 0.05) is 10.9 Å². The van der Waals surface area contributed by atoms with Crippen molar-refractivity contribution >= 4 is 17.3 Å². The normalized spacial score (nSPS) is 10.3. The fourth-order valence-corrected chi connectivity index (χ4v) is 2.09. The van der Waals surface area contributed by atoms with Crippen molar-refractivity contribution in [1.82, 2.24) is 4.98 Å². The minimum absolute atomic E-state index is 0.0658. The van der Waals surface area contributed by atoms with E-state index in [2.05, 4.69) is 4.98 Å². The summed E-state index contributed by atoms with van der Waals surface area (Å²) < 4.78 is 0. The van der Waals surface area contributed by atoms with Crippen LogP contribution in [0.4, 0.5) is 0 Å². The lowest BCUT2D eigenvalue weighted by atomic mass is 10.1. The van der Waals surface area contributed by atoms with E-state index in [-0.39, 0.29) is 6.42 Å². The molecule has 0 aliphatic heterocycles. The van der Waals surface area contributed by atoms with Crippen LogP contribution in [0.5, 0.6) is 0 Å². The fourth-order valence-electron chi connectivity index (χ4n) is 1.46. The van der Waals surface area contributed by atoms with Gasteiger partial charge in [-0.1, -0.05) is 24.3 Å². The predicted molar refractivity (Wildman–Crippen MR) is 63.6 cm³/mol. The van der Waals surface area contributed by atoms with Gasteiger partial charge in [-0.15, -0.1) is 11.3 Å². The van der Waals surface area contributed by atoms with E-state index >= 15 is 0 Å². The number of carbonyl (C=O) groups is 1. The topological polar surface area (TPSA) is 50.2 Å². The number of hydrogen-bond donors (Lipinski definition) is 1. The first-order valence-corrected chi connectivity index (χ1v) is 5.76. The van der Waals surface area contributed by atoms with E-state index < -0.39 is 5.97 Å². The van der Waals surface area contributed by atoms with Crippen molar-refractivity contribution in [3.05, 3.63) is 40.2 Å². The number of benzene rings is 1. The molecule has 2 rings (SSSR count). The lowest BCUT2D eigenvalue weighted by Gasteiger charge is -1.99. The Balaban J connectivity index is 2.22. The van der Waals surface area contributed by atoms with E-state index in [1.807, 2.05) is 36.6 Å². The van der Waals surface area contributed by atoms with Crippen LogP contribution in [-0.4, -0.2) is 16.1 Å². The molecule has 0 atom stereocenters. The first-order chi connectivity index (χ1) is 7.65. The molecule has 0 spiro atoms. The van der Waals surface area contributed by atoms with Crippen LogP contribution in [0.15, 0.2) is 29.6 Å². The van der Waals surface area contributed by atoms with E-state index in [4.69, 9.17) is 5.11 Å². The van der Waals surface area contributed by atoms with Crippen LogP contribution in [-0.2, 0) is 11.2 Å². The Morgan fingerprint density at radius 2 is 2.06 bits per heavy atom. The number of rotatable bonds is 3. The minimum Gasteiger partial charge on any atom is -0.481 e. The van der Waals surface area contributed by atoms with E-state index in [9.17, 15) is 4.79 Å². The van der Waals surface area contributed by atoms with Crippen molar-refractivity contribution in [2.24, 2.45) is 0 Å². The third-order valence-electron chi connectivity index (χ3n) is 2.22. The number of carboxylic acid groups (broad SMARTS) is 1. The lowest BCUT2D eigenvalue weighted by molar-refractivity contribution is -0.136. The average molecular weight is 233 g/mol. The summed E-state index contributed by atoms with van der Waals surface area (Å²) in [5.74, 6) is -0.808. The molecule has 0 saturated heterocycles. The smallest absolute Gasteiger partial charge is 0.307 e. The number of carboxylic acids is 1. The van der Waals surface area contributed by atoms with Crippen molar-refractivity contribution < 1.29 is 9.90 Å². The molecular weight excluding hydrogens is 222 g/mol. The van der Waals surface area contributed by atoms with Gasteiger partial charge in [-0.2, -0.15) is 0 Å². The van der Waals surface area contributed by atoms with E-state index in [1.165, 1.54) is 0 Å². The molecule has 3 nitrogen and oxygen atoms in total. The Morgan fingerprint density at radius 3 is 2.56 bits per heavy atom. The van der Waals surface area contributed by atoms with Gasteiger partial charge in [0.05, 0.1) is 17.1 Å². The number of aromatic nitrogens is 1. The van der Waals surface area contributed by atoms with Gasteiger partial charge in [0.1, 0.15) is 0 Å². The van der Waals surface area contributed by atoms with Crippen molar-refractivity contribution in [3.63, 3.8) is 0 Å². The molecule has 1 aromatic heterocycles. The second-order valence-corrected chi connectivity index (χ2v) is 4.58. The van der Waals surface area contributed by atoms with Gasteiger partial charge in [0.25, 0.3) is 0 Å². The van der Waals surface area contributed by atoms with Gasteiger partial charge in [-0.05, 0) is 12.5 Å². The Morgan fingerprint density at radius 1 is 1.38 bits per heavy atom. The van der Waals surface area contributed by atoms with E-state index in [0.717, 1.165) is 21.8 Å². The van der Waals surface area contributed by atoms with Crippen LogP contribution in [0, 0.1) is 6.92 Å². The van der Waals surface area contributed by atoms with Crippen LogP contribution < -0.4 is 0 Å². The van der Waals surface area contributed by atoms with E-state index in [0.29, 0.717) is 0 Å². The van der Waals surface area contributed by atoms with Crippen molar-refractivity contribution in [2.75, 3.05) is 0 Å². The number of nitrogens with zero attached hydrogens (tertiary/aromatic N) is 1. The zero-order valence-electron chi connectivity index (χ0n) is 8.80. The zero-order chi connectivity index (χ0) is 11.5. The highest BCUT2D eigenvalue weighted by atomic mass is 32.1. The maximum absolute atomic E-state index is 10.5. The summed E-state index contributed by atoms with van der Waals surface area (Å²) in [5.41, 5.74) is 2.78. The average Bonchev–Trinajstić information content (AvgIpc) is 2.65.